The standard InChI is InChI=1S/C14H11Cl2N3/c1-7-4-12-13(6-10(7)16)19-14(18-12)9-5-8(15)2-3-11(9)17/h2-6H,17H2,1H3,(H,18,19). The molecule has 0 saturated heterocycles. The van der Waals surface area contributed by atoms with Gasteiger partial charge in [0.15, 0.2) is 0 Å². The number of aromatic nitrogens is 2. The van der Waals surface area contributed by atoms with E-state index >= 15 is 0 Å². The number of nitrogens with two attached hydrogens (primary N) is 1. The zero-order valence-corrected chi connectivity index (χ0v) is 11.7. The van der Waals surface area contributed by atoms with Crippen LogP contribution in [0.5, 0.6) is 0 Å². The molecule has 96 valence electrons. The van der Waals surface area contributed by atoms with Crippen LogP contribution in [0.2, 0.25) is 10.0 Å². The third-order valence-electron chi connectivity index (χ3n) is 3.03. The van der Waals surface area contributed by atoms with Crippen LogP contribution in [0.3, 0.4) is 0 Å². The summed E-state index contributed by atoms with van der Waals surface area (Å²) in [6.07, 6.45) is 0. The molecule has 0 amide bonds. The lowest BCUT2D eigenvalue weighted by Crippen LogP contribution is -1.90. The topological polar surface area (TPSA) is 54.7 Å². The summed E-state index contributed by atoms with van der Waals surface area (Å²) >= 11 is 12.1. The molecule has 3 rings (SSSR count). The number of hydrogen-bond acceptors (Lipinski definition) is 2. The lowest BCUT2D eigenvalue weighted by Gasteiger charge is -2.02. The maximum atomic E-state index is 6.10. The van der Waals surface area contributed by atoms with Crippen molar-refractivity contribution in [1.82, 2.24) is 9.97 Å². The largest absolute Gasteiger partial charge is 0.398 e. The van der Waals surface area contributed by atoms with Crippen molar-refractivity contribution in [2.24, 2.45) is 0 Å². The summed E-state index contributed by atoms with van der Waals surface area (Å²) in [5.74, 6) is 0.691. The van der Waals surface area contributed by atoms with E-state index in [2.05, 4.69) is 9.97 Å². The van der Waals surface area contributed by atoms with Gasteiger partial charge >= 0.3 is 0 Å². The number of rotatable bonds is 1. The highest BCUT2D eigenvalue weighted by Gasteiger charge is 2.10. The first-order valence-electron chi connectivity index (χ1n) is 5.76. The number of nitrogen functional groups attached to an aromatic ring is 1. The van der Waals surface area contributed by atoms with Gasteiger partial charge in [-0.25, -0.2) is 4.98 Å². The Hall–Kier alpha value is -1.71. The van der Waals surface area contributed by atoms with Gasteiger partial charge in [-0.3, -0.25) is 0 Å². The van der Waals surface area contributed by atoms with Crippen LogP contribution in [0, 0.1) is 6.92 Å². The van der Waals surface area contributed by atoms with Crippen LogP contribution in [-0.2, 0) is 0 Å². The third kappa shape index (κ3) is 2.15. The molecule has 0 radical (unpaired) electrons. The second-order valence-electron chi connectivity index (χ2n) is 4.44. The molecule has 0 aliphatic carbocycles. The molecule has 3 N–H and O–H groups in total. The SMILES string of the molecule is Cc1cc2[nH]c(-c3cc(Cl)ccc3N)nc2cc1Cl. The van der Waals surface area contributed by atoms with Crippen molar-refractivity contribution in [3.8, 4) is 11.4 Å². The van der Waals surface area contributed by atoms with Gasteiger partial charge in [-0.2, -0.15) is 0 Å². The highest BCUT2D eigenvalue weighted by molar-refractivity contribution is 6.32. The Kier molecular flexibility index (Phi) is 2.88. The number of anilines is 1. The van der Waals surface area contributed by atoms with Crippen LogP contribution in [0.4, 0.5) is 5.69 Å². The van der Waals surface area contributed by atoms with E-state index in [9.17, 15) is 0 Å². The second kappa shape index (κ2) is 4.44. The van der Waals surface area contributed by atoms with Crippen LogP contribution < -0.4 is 5.73 Å². The van der Waals surface area contributed by atoms with E-state index in [4.69, 9.17) is 28.9 Å². The number of nitrogens with one attached hydrogen (secondary N) is 1. The number of H-pyrrole nitrogens is 1. The number of aromatic amines is 1. The van der Waals surface area contributed by atoms with E-state index in [0.29, 0.717) is 21.6 Å². The monoisotopic (exact) mass is 291 g/mol. The minimum atomic E-state index is 0.624. The molecule has 0 unspecified atom stereocenters. The van der Waals surface area contributed by atoms with Crippen LogP contribution in [0.1, 0.15) is 5.56 Å². The van der Waals surface area contributed by atoms with Crippen LogP contribution in [0.25, 0.3) is 22.4 Å². The molecule has 5 heteroatoms. The molecule has 0 aliphatic heterocycles. The first-order valence-corrected chi connectivity index (χ1v) is 6.51. The van der Waals surface area contributed by atoms with Gasteiger partial charge in [0.25, 0.3) is 0 Å². The zero-order chi connectivity index (χ0) is 13.6. The van der Waals surface area contributed by atoms with Gasteiger partial charge in [0.2, 0.25) is 0 Å². The number of hydrogen-bond donors (Lipinski definition) is 2. The molecule has 1 heterocycles. The first-order chi connectivity index (χ1) is 9.04. The number of nitrogens with zero attached hydrogens (tertiary/aromatic N) is 1. The third-order valence-corrected chi connectivity index (χ3v) is 3.68. The number of imidazole rings is 1. The van der Waals surface area contributed by atoms with Gasteiger partial charge in [0.1, 0.15) is 5.82 Å². The number of aryl methyl sites for hydroxylation is 1. The highest BCUT2D eigenvalue weighted by Crippen LogP contribution is 2.30. The molecule has 0 fully saturated rings. The molecule has 3 nitrogen and oxygen atoms in total. The summed E-state index contributed by atoms with van der Waals surface area (Å²) in [6.45, 7) is 1.95. The van der Waals surface area contributed by atoms with E-state index in [1.165, 1.54) is 0 Å². The molecule has 0 atom stereocenters. The summed E-state index contributed by atoms with van der Waals surface area (Å²) in [5, 5.41) is 1.32. The second-order valence-corrected chi connectivity index (χ2v) is 5.28. The highest BCUT2D eigenvalue weighted by atomic mass is 35.5. The van der Waals surface area contributed by atoms with Gasteiger partial charge in [-0.05, 0) is 42.8 Å². The van der Waals surface area contributed by atoms with Crippen LogP contribution in [0.15, 0.2) is 30.3 Å². The van der Waals surface area contributed by atoms with Gasteiger partial charge < -0.3 is 10.7 Å². The van der Waals surface area contributed by atoms with Gasteiger partial charge in [-0.1, -0.05) is 23.2 Å². The predicted octanol–water partition coefficient (Wildman–Crippen LogP) is 4.43. The van der Waals surface area contributed by atoms with Gasteiger partial charge in [-0.15, -0.1) is 0 Å². The molecule has 0 bridgehead atoms. The number of halogens is 2. The molecular formula is C14H11Cl2N3. The maximum Gasteiger partial charge on any atom is 0.140 e. The summed E-state index contributed by atoms with van der Waals surface area (Å²) in [6, 6.07) is 9.12. The Morgan fingerprint density at radius 3 is 2.74 bits per heavy atom. The molecule has 2 aromatic carbocycles. The molecule has 1 aromatic heterocycles. The molecule has 0 aliphatic rings. The summed E-state index contributed by atoms with van der Waals surface area (Å²) < 4.78 is 0. The van der Waals surface area contributed by atoms with Crippen LogP contribution >= 0.6 is 23.2 Å². The van der Waals surface area contributed by atoms with E-state index in [-0.39, 0.29) is 0 Å². The first kappa shape index (κ1) is 12.3. The number of benzene rings is 2. The Morgan fingerprint density at radius 1 is 1.16 bits per heavy atom. The minimum absolute atomic E-state index is 0.624. The van der Waals surface area contributed by atoms with E-state index in [1.807, 2.05) is 19.1 Å². The Morgan fingerprint density at radius 2 is 1.95 bits per heavy atom. The molecule has 0 saturated carbocycles. The summed E-state index contributed by atoms with van der Waals surface area (Å²) in [7, 11) is 0. The lowest BCUT2D eigenvalue weighted by atomic mass is 10.2. The fourth-order valence-corrected chi connectivity index (χ4v) is 2.33. The van der Waals surface area contributed by atoms with Gasteiger partial charge in [0, 0.05) is 21.3 Å². The summed E-state index contributed by atoms with van der Waals surface area (Å²) in [4.78, 5) is 7.75. The smallest absolute Gasteiger partial charge is 0.140 e. The minimum Gasteiger partial charge on any atom is -0.398 e. The van der Waals surface area contributed by atoms with Crippen molar-refractivity contribution in [3.05, 3.63) is 45.9 Å². The zero-order valence-electron chi connectivity index (χ0n) is 10.2. The maximum absolute atomic E-state index is 6.10. The molecule has 3 aromatic rings. The normalized spacial score (nSPS) is 11.1. The molecule has 19 heavy (non-hydrogen) atoms. The Balaban J connectivity index is 2.23. The molecular weight excluding hydrogens is 281 g/mol. The average molecular weight is 292 g/mol. The van der Waals surface area contributed by atoms with E-state index in [0.717, 1.165) is 22.2 Å². The van der Waals surface area contributed by atoms with E-state index in [1.54, 1.807) is 18.2 Å². The van der Waals surface area contributed by atoms with E-state index < -0.39 is 0 Å². The van der Waals surface area contributed by atoms with Crippen molar-refractivity contribution in [3.63, 3.8) is 0 Å². The Bertz CT molecular complexity index is 739. The quantitative estimate of drug-likeness (QED) is 0.652. The lowest BCUT2D eigenvalue weighted by molar-refractivity contribution is 1.34. The van der Waals surface area contributed by atoms with Crippen molar-refractivity contribution in [1.29, 1.82) is 0 Å². The van der Waals surface area contributed by atoms with Gasteiger partial charge in [0.05, 0.1) is 11.0 Å². The molecule has 0 spiro atoms. The fraction of sp³-hybridized carbons (Fsp3) is 0.0714. The van der Waals surface area contributed by atoms with Crippen molar-refractivity contribution >= 4 is 39.9 Å². The average Bonchev–Trinajstić information content (AvgIpc) is 2.75. The van der Waals surface area contributed by atoms with Crippen LogP contribution in [-0.4, -0.2) is 9.97 Å². The van der Waals surface area contributed by atoms with Crippen molar-refractivity contribution in [2.75, 3.05) is 5.73 Å². The Labute approximate surface area is 120 Å². The fourth-order valence-electron chi connectivity index (χ4n) is 2.00. The summed E-state index contributed by atoms with van der Waals surface area (Å²) in [5.41, 5.74) is 10.1. The predicted molar refractivity (Wildman–Crippen MR) is 80.7 cm³/mol. The van der Waals surface area contributed by atoms with Crippen molar-refractivity contribution < 1.29 is 0 Å². The van der Waals surface area contributed by atoms with Crippen molar-refractivity contribution in [2.45, 2.75) is 6.92 Å². The number of fused-ring (bicyclic) bond motifs is 1.